The van der Waals surface area contributed by atoms with E-state index in [0.717, 1.165) is 0 Å². The minimum Gasteiger partial charge on any atom is -0.335 e. The van der Waals surface area contributed by atoms with Gasteiger partial charge >= 0.3 is 6.18 Å². The van der Waals surface area contributed by atoms with Gasteiger partial charge in [0.2, 0.25) is 11.8 Å². The van der Waals surface area contributed by atoms with Crippen molar-refractivity contribution in [1.82, 2.24) is 14.7 Å². The Morgan fingerprint density at radius 3 is 2.58 bits per heavy atom. The molecule has 0 aromatic carbocycles. The van der Waals surface area contributed by atoms with Gasteiger partial charge < -0.3 is 9.80 Å². The van der Waals surface area contributed by atoms with Crippen LogP contribution in [0.2, 0.25) is 0 Å². The van der Waals surface area contributed by atoms with Crippen LogP contribution in [0.5, 0.6) is 0 Å². The topological polar surface area (TPSA) is 43.9 Å². The summed E-state index contributed by atoms with van der Waals surface area (Å²) in [6.45, 7) is 0.818. The van der Waals surface area contributed by atoms with Gasteiger partial charge in [0.15, 0.2) is 0 Å². The number of hydrogen-bond donors (Lipinski definition) is 0. The number of halogens is 3. The molecule has 2 rings (SSSR count). The summed E-state index contributed by atoms with van der Waals surface area (Å²) >= 11 is 0. The van der Waals surface area contributed by atoms with E-state index in [0.29, 0.717) is 13.1 Å². The highest BCUT2D eigenvalue weighted by atomic mass is 19.4. The number of carbonyl (C=O) groups excluding carboxylic acids is 2. The third-order valence-corrected chi connectivity index (χ3v) is 3.53. The number of alkyl halides is 3. The number of piperazine rings is 2. The largest absolute Gasteiger partial charge is 0.390 e. The Labute approximate surface area is 108 Å². The zero-order valence-electron chi connectivity index (χ0n) is 10.6. The van der Waals surface area contributed by atoms with E-state index < -0.39 is 18.6 Å². The number of fused-ring (bicyclic) bond motifs is 1. The first-order valence-corrected chi connectivity index (χ1v) is 6.11. The SMILES string of the molecule is CN1CC(=O)N2CCN(CCC(F)(F)F)CC2C1=O. The quantitative estimate of drug-likeness (QED) is 0.710. The van der Waals surface area contributed by atoms with E-state index >= 15 is 0 Å². The van der Waals surface area contributed by atoms with Crippen LogP contribution < -0.4 is 0 Å². The van der Waals surface area contributed by atoms with Crippen molar-refractivity contribution in [1.29, 1.82) is 0 Å². The Hall–Kier alpha value is -1.31. The maximum atomic E-state index is 12.2. The van der Waals surface area contributed by atoms with Gasteiger partial charge in [-0.2, -0.15) is 13.2 Å². The molecule has 5 nitrogen and oxygen atoms in total. The van der Waals surface area contributed by atoms with Crippen LogP contribution in [0.3, 0.4) is 0 Å². The number of rotatable bonds is 2. The molecule has 2 saturated heterocycles. The molecule has 0 spiro atoms. The molecule has 0 radical (unpaired) electrons. The zero-order valence-corrected chi connectivity index (χ0v) is 10.6. The van der Waals surface area contributed by atoms with Crippen LogP contribution in [0.25, 0.3) is 0 Å². The summed E-state index contributed by atoms with van der Waals surface area (Å²) in [5.41, 5.74) is 0. The van der Waals surface area contributed by atoms with E-state index in [9.17, 15) is 22.8 Å². The predicted molar refractivity (Wildman–Crippen MR) is 60.3 cm³/mol. The van der Waals surface area contributed by atoms with Crippen LogP contribution in [-0.4, -0.2) is 78.5 Å². The van der Waals surface area contributed by atoms with Gasteiger partial charge in [-0.25, -0.2) is 0 Å². The van der Waals surface area contributed by atoms with Crippen LogP contribution >= 0.6 is 0 Å². The monoisotopic (exact) mass is 279 g/mol. The molecular formula is C11H16F3N3O2. The van der Waals surface area contributed by atoms with Crippen molar-refractivity contribution in [3.8, 4) is 0 Å². The molecule has 0 N–H and O–H groups in total. The molecule has 19 heavy (non-hydrogen) atoms. The smallest absolute Gasteiger partial charge is 0.335 e. The van der Waals surface area contributed by atoms with Crippen LogP contribution in [0.1, 0.15) is 6.42 Å². The summed E-state index contributed by atoms with van der Waals surface area (Å²) in [5.74, 6) is -0.334. The molecule has 1 unspecified atom stereocenters. The number of nitrogens with zero attached hydrogens (tertiary/aromatic N) is 3. The molecule has 2 amide bonds. The van der Waals surface area contributed by atoms with E-state index in [4.69, 9.17) is 0 Å². The average Bonchev–Trinajstić information content (AvgIpc) is 2.32. The second-order valence-corrected chi connectivity index (χ2v) is 4.96. The summed E-state index contributed by atoms with van der Waals surface area (Å²) in [5, 5.41) is 0. The molecule has 108 valence electrons. The van der Waals surface area contributed by atoms with Crippen molar-refractivity contribution in [2.45, 2.75) is 18.6 Å². The number of hydrogen-bond acceptors (Lipinski definition) is 3. The fraction of sp³-hybridized carbons (Fsp3) is 0.818. The van der Waals surface area contributed by atoms with Gasteiger partial charge in [0.05, 0.1) is 13.0 Å². The van der Waals surface area contributed by atoms with E-state index in [1.165, 1.54) is 16.8 Å². The Kier molecular flexibility index (Phi) is 3.71. The fourth-order valence-electron chi connectivity index (χ4n) is 2.46. The second kappa shape index (κ2) is 4.99. The normalized spacial score (nSPS) is 25.8. The second-order valence-electron chi connectivity index (χ2n) is 4.96. The van der Waals surface area contributed by atoms with Crippen LogP contribution in [0.4, 0.5) is 13.2 Å². The molecular weight excluding hydrogens is 263 g/mol. The molecule has 0 aromatic rings. The van der Waals surface area contributed by atoms with Gasteiger partial charge in [-0.3, -0.25) is 14.5 Å². The first-order valence-electron chi connectivity index (χ1n) is 6.11. The Morgan fingerprint density at radius 2 is 1.95 bits per heavy atom. The lowest BCUT2D eigenvalue weighted by molar-refractivity contribution is -0.160. The highest BCUT2D eigenvalue weighted by Crippen LogP contribution is 2.22. The number of carbonyl (C=O) groups is 2. The Bertz CT molecular complexity index is 386. The van der Waals surface area contributed by atoms with Crippen molar-refractivity contribution in [3.63, 3.8) is 0 Å². The van der Waals surface area contributed by atoms with E-state index in [1.807, 2.05) is 0 Å². The van der Waals surface area contributed by atoms with Crippen molar-refractivity contribution >= 4 is 11.8 Å². The lowest BCUT2D eigenvalue weighted by Crippen LogP contribution is -2.66. The first-order chi connectivity index (χ1) is 8.78. The van der Waals surface area contributed by atoms with Gasteiger partial charge in [-0.1, -0.05) is 0 Å². The van der Waals surface area contributed by atoms with Crippen LogP contribution in [0, 0.1) is 0 Å². The minimum atomic E-state index is -4.19. The van der Waals surface area contributed by atoms with Gasteiger partial charge in [0.1, 0.15) is 6.04 Å². The fourth-order valence-corrected chi connectivity index (χ4v) is 2.46. The van der Waals surface area contributed by atoms with Gasteiger partial charge in [-0.05, 0) is 0 Å². The van der Waals surface area contributed by atoms with E-state index in [1.54, 1.807) is 4.90 Å². The van der Waals surface area contributed by atoms with Gasteiger partial charge in [0.25, 0.3) is 0 Å². The third-order valence-electron chi connectivity index (χ3n) is 3.53. The summed E-state index contributed by atoms with van der Waals surface area (Å²) in [6, 6.07) is -0.631. The maximum Gasteiger partial charge on any atom is 0.390 e. The molecule has 1 atom stereocenters. The van der Waals surface area contributed by atoms with Crippen LogP contribution in [-0.2, 0) is 9.59 Å². The third kappa shape index (κ3) is 3.17. The first kappa shape index (κ1) is 14.1. The van der Waals surface area contributed by atoms with Gasteiger partial charge in [-0.15, -0.1) is 0 Å². The molecule has 0 aromatic heterocycles. The summed E-state index contributed by atoms with van der Waals surface area (Å²) in [4.78, 5) is 28.1. The lowest BCUT2D eigenvalue weighted by Gasteiger charge is -2.45. The highest BCUT2D eigenvalue weighted by molar-refractivity contribution is 5.95. The van der Waals surface area contributed by atoms with Crippen molar-refractivity contribution in [2.75, 3.05) is 39.8 Å². The van der Waals surface area contributed by atoms with Crippen LogP contribution in [0.15, 0.2) is 0 Å². The predicted octanol–water partition coefficient (Wildman–Crippen LogP) is -0.0764. The molecule has 0 saturated carbocycles. The molecule has 2 heterocycles. The van der Waals surface area contributed by atoms with Crippen molar-refractivity contribution in [2.24, 2.45) is 0 Å². The number of likely N-dealkylation sites (N-methyl/N-ethyl adjacent to an activating group) is 1. The molecule has 2 aliphatic heterocycles. The standard InChI is InChI=1S/C11H16F3N3O2/c1-15-7-9(18)17-5-4-16(3-2-11(12,13)14)6-8(17)10(15)19/h8H,2-7H2,1H3. The summed E-state index contributed by atoms with van der Waals surface area (Å²) in [6.07, 6.45) is -5.09. The summed E-state index contributed by atoms with van der Waals surface area (Å²) in [7, 11) is 1.53. The molecule has 0 aliphatic carbocycles. The Balaban J connectivity index is 1.97. The van der Waals surface area contributed by atoms with Gasteiger partial charge in [0, 0.05) is 33.2 Å². The molecule has 2 fully saturated rings. The molecule has 2 aliphatic rings. The lowest BCUT2D eigenvalue weighted by atomic mass is 10.1. The number of amides is 2. The minimum absolute atomic E-state index is 0.0535. The van der Waals surface area contributed by atoms with E-state index in [-0.39, 0.29) is 31.4 Å². The summed E-state index contributed by atoms with van der Waals surface area (Å²) < 4.78 is 36.5. The average molecular weight is 279 g/mol. The molecule has 8 heteroatoms. The molecule has 0 bridgehead atoms. The maximum absolute atomic E-state index is 12.2. The van der Waals surface area contributed by atoms with Crippen molar-refractivity contribution in [3.05, 3.63) is 0 Å². The Morgan fingerprint density at radius 1 is 1.26 bits per heavy atom. The highest BCUT2D eigenvalue weighted by Gasteiger charge is 2.41. The van der Waals surface area contributed by atoms with Crippen molar-refractivity contribution < 1.29 is 22.8 Å². The zero-order chi connectivity index (χ0) is 14.2. The van der Waals surface area contributed by atoms with E-state index in [2.05, 4.69) is 0 Å².